The van der Waals surface area contributed by atoms with Crippen molar-refractivity contribution in [2.75, 3.05) is 12.4 Å². The van der Waals surface area contributed by atoms with E-state index in [1.807, 2.05) is 37.3 Å². The number of carbonyl (C=O) groups is 2. The molecule has 1 aromatic carbocycles. The molecule has 0 N–H and O–H groups in total. The van der Waals surface area contributed by atoms with Crippen LogP contribution in [0.3, 0.4) is 0 Å². The van der Waals surface area contributed by atoms with Gasteiger partial charge in [0.15, 0.2) is 4.80 Å². The van der Waals surface area contributed by atoms with Crippen molar-refractivity contribution >= 4 is 35.0 Å². The number of benzene rings is 1. The normalized spacial score (nSPS) is 11.5. The monoisotopic (exact) mass is 364 g/mol. The van der Waals surface area contributed by atoms with Gasteiger partial charge in [-0.3, -0.25) is 4.79 Å². The van der Waals surface area contributed by atoms with Crippen molar-refractivity contribution < 1.29 is 14.3 Å². The van der Waals surface area contributed by atoms with Crippen molar-refractivity contribution in [3.8, 4) is 0 Å². The smallest absolute Gasteiger partial charge is 0.350 e. The maximum absolute atomic E-state index is 12.1. The fourth-order valence-corrected chi connectivity index (χ4v) is 3.84. The molecule has 2 rings (SSSR count). The van der Waals surface area contributed by atoms with Crippen molar-refractivity contribution in [1.29, 1.82) is 0 Å². The Balaban J connectivity index is 2.03. The predicted molar refractivity (Wildman–Crippen MR) is 96.3 cm³/mol. The molecule has 0 aliphatic carbocycles. The summed E-state index contributed by atoms with van der Waals surface area (Å²) in [6.07, 6.45) is 0.352. The number of carbonyl (C=O) groups excluding carboxylic acids is 2. The van der Waals surface area contributed by atoms with Gasteiger partial charge in [-0.05, 0) is 26.0 Å². The second-order valence-electron chi connectivity index (χ2n) is 5.00. The van der Waals surface area contributed by atoms with Crippen LogP contribution < -0.4 is 4.80 Å². The van der Waals surface area contributed by atoms with E-state index in [1.165, 1.54) is 11.3 Å². The quantitative estimate of drug-likeness (QED) is 0.583. The van der Waals surface area contributed by atoms with Crippen LogP contribution in [0, 0.1) is 6.92 Å². The molecule has 0 atom stereocenters. The van der Waals surface area contributed by atoms with E-state index in [4.69, 9.17) is 4.74 Å². The van der Waals surface area contributed by atoms with Gasteiger partial charge in [0.25, 0.3) is 0 Å². The van der Waals surface area contributed by atoms with Crippen LogP contribution in [0.2, 0.25) is 0 Å². The van der Waals surface area contributed by atoms with E-state index in [2.05, 4.69) is 4.99 Å². The Kier molecular flexibility index (Phi) is 6.81. The minimum Gasteiger partial charge on any atom is -0.462 e. The molecule has 5 nitrogen and oxygen atoms in total. The molecule has 0 fully saturated rings. The van der Waals surface area contributed by atoms with Crippen LogP contribution in [0.25, 0.3) is 0 Å². The minimum atomic E-state index is -0.371. The fraction of sp³-hybridized carbons (Fsp3) is 0.353. The van der Waals surface area contributed by atoms with Crippen LogP contribution in [0.15, 0.2) is 40.2 Å². The number of esters is 1. The summed E-state index contributed by atoms with van der Waals surface area (Å²) in [5, 5.41) is 0. The fourth-order valence-electron chi connectivity index (χ4n) is 1.95. The average molecular weight is 364 g/mol. The molecule has 1 aromatic heterocycles. The SMILES string of the molecule is CCOC(=O)c1sc(=NC(=O)CCSc2ccccc2)n(C)c1C. The van der Waals surface area contributed by atoms with Crippen LogP contribution in [0.5, 0.6) is 0 Å². The molecule has 1 heterocycles. The molecule has 2 aromatic rings. The minimum absolute atomic E-state index is 0.189. The van der Waals surface area contributed by atoms with Crippen molar-refractivity contribution in [2.45, 2.75) is 25.2 Å². The zero-order chi connectivity index (χ0) is 17.5. The van der Waals surface area contributed by atoms with Gasteiger partial charge >= 0.3 is 5.97 Å². The van der Waals surface area contributed by atoms with Gasteiger partial charge in [0.2, 0.25) is 5.91 Å². The van der Waals surface area contributed by atoms with Gasteiger partial charge in [0, 0.05) is 29.8 Å². The van der Waals surface area contributed by atoms with E-state index in [1.54, 1.807) is 30.3 Å². The van der Waals surface area contributed by atoms with Gasteiger partial charge in [0.05, 0.1) is 6.61 Å². The van der Waals surface area contributed by atoms with Crippen LogP contribution in [0.1, 0.15) is 28.7 Å². The second-order valence-corrected chi connectivity index (χ2v) is 7.14. The summed E-state index contributed by atoms with van der Waals surface area (Å²) >= 11 is 2.81. The Labute approximate surface area is 149 Å². The molecule has 0 unspecified atom stereocenters. The van der Waals surface area contributed by atoms with Gasteiger partial charge in [-0.15, -0.1) is 11.8 Å². The molecule has 0 saturated heterocycles. The first-order chi connectivity index (χ1) is 11.5. The summed E-state index contributed by atoms with van der Waals surface area (Å²) in [4.78, 5) is 30.2. The average Bonchev–Trinajstić information content (AvgIpc) is 2.84. The third-order valence-corrected chi connectivity index (χ3v) is 5.55. The Morgan fingerprint density at radius 1 is 1.29 bits per heavy atom. The molecular weight excluding hydrogens is 344 g/mol. The number of ether oxygens (including phenoxy) is 1. The Morgan fingerprint density at radius 2 is 2.00 bits per heavy atom. The lowest BCUT2D eigenvalue weighted by molar-refractivity contribution is -0.117. The zero-order valence-electron chi connectivity index (χ0n) is 13.9. The molecule has 0 aliphatic rings. The number of rotatable bonds is 6. The molecule has 24 heavy (non-hydrogen) atoms. The molecule has 7 heteroatoms. The summed E-state index contributed by atoms with van der Waals surface area (Å²) in [5.74, 6) is 0.111. The van der Waals surface area contributed by atoms with Gasteiger partial charge in [-0.25, -0.2) is 4.79 Å². The van der Waals surface area contributed by atoms with Crippen LogP contribution in [-0.2, 0) is 16.6 Å². The molecule has 0 aliphatic heterocycles. The lowest BCUT2D eigenvalue weighted by Gasteiger charge is -2.00. The van der Waals surface area contributed by atoms with Gasteiger partial charge in [0.1, 0.15) is 4.88 Å². The van der Waals surface area contributed by atoms with E-state index in [0.29, 0.717) is 28.5 Å². The highest BCUT2D eigenvalue weighted by atomic mass is 32.2. The lowest BCUT2D eigenvalue weighted by atomic mass is 10.4. The highest BCUT2D eigenvalue weighted by molar-refractivity contribution is 7.99. The predicted octanol–water partition coefficient (Wildman–Crippen LogP) is 3.18. The van der Waals surface area contributed by atoms with E-state index in [-0.39, 0.29) is 11.9 Å². The number of aromatic nitrogens is 1. The van der Waals surface area contributed by atoms with Crippen molar-refractivity contribution in [2.24, 2.45) is 12.0 Å². The molecule has 128 valence electrons. The summed E-state index contributed by atoms with van der Waals surface area (Å²) in [7, 11) is 1.79. The molecule has 0 saturated carbocycles. The topological polar surface area (TPSA) is 60.7 Å². The standard InChI is InChI=1S/C17H20N2O3S2/c1-4-22-16(21)15-12(2)19(3)17(24-15)18-14(20)10-11-23-13-8-6-5-7-9-13/h5-9H,4,10-11H2,1-3H3. The van der Waals surface area contributed by atoms with E-state index in [9.17, 15) is 9.59 Å². The Hall–Kier alpha value is -1.86. The summed E-state index contributed by atoms with van der Waals surface area (Å²) in [5.41, 5.74) is 0.753. The maximum atomic E-state index is 12.1. The number of thioether (sulfide) groups is 1. The van der Waals surface area contributed by atoms with Crippen LogP contribution in [0.4, 0.5) is 0 Å². The summed E-state index contributed by atoms with van der Waals surface area (Å²) in [6, 6.07) is 9.94. The second kappa shape index (κ2) is 8.84. The van der Waals surface area contributed by atoms with E-state index in [0.717, 1.165) is 10.6 Å². The van der Waals surface area contributed by atoms with Gasteiger partial charge < -0.3 is 9.30 Å². The number of amides is 1. The third-order valence-electron chi connectivity index (χ3n) is 3.32. The highest BCUT2D eigenvalue weighted by Crippen LogP contribution is 2.18. The number of hydrogen-bond acceptors (Lipinski definition) is 5. The molecule has 0 bridgehead atoms. The van der Waals surface area contributed by atoms with Crippen LogP contribution in [-0.4, -0.2) is 28.8 Å². The first-order valence-corrected chi connectivity index (χ1v) is 9.42. The molecule has 0 radical (unpaired) electrons. The Morgan fingerprint density at radius 3 is 2.67 bits per heavy atom. The summed E-state index contributed by atoms with van der Waals surface area (Å²) < 4.78 is 6.77. The summed E-state index contributed by atoms with van der Waals surface area (Å²) in [6.45, 7) is 3.90. The molecule has 1 amide bonds. The van der Waals surface area contributed by atoms with E-state index >= 15 is 0 Å². The number of thiazole rings is 1. The first kappa shape index (κ1) is 18.5. The maximum Gasteiger partial charge on any atom is 0.350 e. The van der Waals surface area contributed by atoms with Crippen molar-refractivity contribution in [1.82, 2.24) is 4.57 Å². The largest absolute Gasteiger partial charge is 0.462 e. The Bertz CT molecular complexity index is 779. The third kappa shape index (κ3) is 4.82. The first-order valence-electron chi connectivity index (χ1n) is 7.62. The van der Waals surface area contributed by atoms with Gasteiger partial charge in [-0.1, -0.05) is 29.5 Å². The van der Waals surface area contributed by atoms with Gasteiger partial charge in [-0.2, -0.15) is 4.99 Å². The lowest BCUT2D eigenvalue weighted by Crippen LogP contribution is -2.14. The van der Waals surface area contributed by atoms with E-state index < -0.39 is 0 Å². The van der Waals surface area contributed by atoms with Crippen molar-refractivity contribution in [3.63, 3.8) is 0 Å². The molecule has 0 spiro atoms. The molecular formula is C17H20N2O3S2. The number of nitrogens with zero attached hydrogens (tertiary/aromatic N) is 2. The highest BCUT2D eigenvalue weighted by Gasteiger charge is 2.16. The zero-order valence-corrected chi connectivity index (χ0v) is 15.6. The number of hydrogen-bond donors (Lipinski definition) is 0. The van der Waals surface area contributed by atoms with Crippen molar-refractivity contribution in [3.05, 3.63) is 45.7 Å². The van der Waals surface area contributed by atoms with Crippen LogP contribution >= 0.6 is 23.1 Å².